The van der Waals surface area contributed by atoms with Crippen molar-refractivity contribution >= 4 is 0 Å². The fourth-order valence-electron chi connectivity index (χ4n) is 4.79. The molecule has 4 aliphatic carbocycles. The van der Waals surface area contributed by atoms with Gasteiger partial charge in [-0.1, -0.05) is 0 Å². The summed E-state index contributed by atoms with van der Waals surface area (Å²) in [5.41, 5.74) is -3.55. The van der Waals surface area contributed by atoms with Gasteiger partial charge in [0.25, 0.3) is 11.8 Å². The van der Waals surface area contributed by atoms with Crippen LogP contribution in [0.15, 0.2) is 0 Å². The van der Waals surface area contributed by atoms with Crippen LogP contribution in [0.3, 0.4) is 0 Å². The number of aliphatic hydroxyl groups is 2. The monoisotopic (exact) mass is 282 g/mol. The van der Waals surface area contributed by atoms with Crippen LogP contribution in [0.2, 0.25) is 0 Å². The number of halogens is 4. The second kappa shape index (κ2) is 3.64. The lowest BCUT2D eigenvalue weighted by Gasteiger charge is -2.60. The first-order valence-corrected chi connectivity index (χ1v) is 6.72. The van der Waals surface area contributed by atoms with E-state index in [-0.39, 0.29) is 25.7 Å². The summed E-state index contributed by atoms with van der Waals surface area (Å²) < 4.78 is 58.0. The molecule has 0 spiro atoms. The van der Waals surface area contributed by atoms with E-state index < -0.39 is 54.1 Å². The number of rotatable bonds is 2. The average Bonchev–Trinajstić information content (AvgIpc) is 2.48. The van der Waals surface area contributed by atoms with E-state index in [1.807, 2.05) is 0 Å². The summed E-state index contributed by atoms with van der Waals surface area (Å²) >= 11 is 0. The number of alkyl halides is 4. The third-order valence-electron chi connectivity index (χ3n) is 5.86. The van der Waals surface area contributed by atoms with Crippen LogP contribution in [0.1, 0.15) is 32.1 Å². The molecule has 4 rings (SSSR count). The molecular formula is C13H18F4O2. The van der Waals surface area contributed by atoms with Crippen LogP contribution < -0.4 is 0 Å². The van der Waals surface area contributed by atoms with Crippen molar-refractivity contribution in [2.24, 2.45) is 22.7 Å². The Hall–Kier alpha value is -0.360. The number of hydrogen-bond donors (Lipinski definition) is 2. The average molecular weight is 282 g/mol. The van der Waals surface area contributed by atoms with Crippen molar-refractivity contribution < 1.29 is 27.8 Å². The lowest BCUT2D eigenvalue weighted by Crippen LogP contribution is -2.66. The van der Waals surface area contributed by atoms with Crippen molar-refractivity contribution in [2.45, 2.75) is 43.9 Å². The van der Waals surface area contributed by atoms with Crippen LogP contribution in [0.5, 0.6) is 0 Å². The first-order chi connectivity index (χ1) is 8.75. The molecule has 4 unspecified atom stereocenters. The second-order valence-electron chi connectivity index (χ2n) is 6.68. The van der Waals surface area contributed by atoms with Gasteiger partial charge in [-0.15, -0.1) is 0 Å². The lowest BCUT2D eigenvalue weighted by atomic mass is 9.49. The highest BCUT2D eigenvalue weighted by Crippen LogP contribution is 2.72. The maximum Gasteiger partial charge on any atom is 0.258 e. The smallest absolute Gasteiger partial charge is 0.258 e. The van der Waals surface area contributed by atoms with E-state index in [0.29, 0.717) is 0 Å². The third-order valence-corrected chi connectivity index (χ3v) is 5.86. The summed E-state index contributed by atoms with van der Waals surface area (Å²) in [5, 5.41) is 18.9. The molecule has 4 bridgehead atoms. The summed E-state index contributed by atoms with van der Waals surface area (Å²) in [6.07, 6.45) is -1.07. The summed E-state index contributed by atoms with van der Waals surface area (Å²) in [4.78, 5) is 0. The highest BCUT2D eigenvalue weighted by molar-refractivity contribution is 5.18. The minimum atomic E-state index is -3.12. The van der Waals surface area contributed by atoms with Gasteiger partial charge in [0, 0.05) is 11.8 Å². The van der Waals surface area contributed by atoms with Gasteiger partial charge < -0.3 is 10.2 Å². The Morgan fingerprint density at radius 1 is 0.789 bits per heavy atom. The van der Waals surface area contributed by atoms with Crippen molar-refractivity contribution in [3.05, 3.63) is 0 Å². The molecule has 0 aromatic heterocycles. The molecule has 6 heteroatoms. The van der Waals surface area contributed by atoms with Crippen molar-refractivity contribution in [3.8, 4) is 0 Å². The molecule has 0 amide bonds. The highest BCUT2D eigenvalue weighted by atomic mass is 19.3. The molecule has 0 radical (unpaired) electrons. The number of aliphatic hydroxyl groups excluding tert-OH is 2. The van der Waals surface area contributed by atoms with Gasteiger partial charge in [-0.25, -0.2) is 17.6 Å². The molecule has 2 nitrogen and oxygen atoms in total. The molecule has 19 heavy (non-hydrogen) atoms. The van der Waals surface area contributed by atoms with Gasteiger partial charge in [0.2, 0.25) is 0 Å². The highest BCUT2D eigenvalue weighted by Gasteiger charge is 2.77. The Morgan fingerprint density at radius 2 is 1.16 bits per heavy atom. The SMILES string of the molecule is OCC12CC3CCC(CC(CO)(C1)C3(F)F)C2(F)F. The fourth-order valence-corrected chi connectivity index (χ4v) is 4.79. The predicted molar refractivity (Wildman–Crippen MR) is 59.0 cm³/mol. The van der Waals surface area contributed by atoms with Gasteiger partial charge in [0.05, 0.1) is 24.0 Å². The third kappa shape index (κ3) is 1.35. The molecule has 4 aliphatic rings. The zero-order chi connectivity index (χ0) is 14.1. The quantitative estimate of drug-likeness (QED) is 0.764. The second-order valence-corrected chi connectivity index (χ2v) is 6.68. The van der Waals surface area contributed by atoms with Crippen LogP contribution in [0, 0.1) is 22.7 Å². The Labute approximate surface area is 108 Å². The minimum absolute atomic E-state index is 0.0523. The Morgan fingerprint density at radius 3 is 1.47 bits per heavy atom. The molecular weight excluding hydrogens is 264 g/mol. The molecule has 4 fully saturated rings. The van der Waals surface area contributed by atoms with Gasteiger partial charge in [-0.2, -0.15) is 0 Å². The van der Waals surface area contributed by atoms with Gasteiger partial charge in [0.15, 0.2) is 0 Å². The molecule has 0 aromatic rings. The molecule has 0 heterocycles. The largest absolute Gasteiger partial charge is 0.396 e. The van der Waals surface area contributed by atoms with Crippen LogP contribution in [-0.2, 0) is 0 Å². The zero-order valence-electron chi connectivity index (χ0n) is 10.5. The molecule has 4 saturated carbocycles. The van der Waals surface area contributed by atoms with Crippen LogP contribution in [0.4, 0.5) is 17.6 Å². The molecule has 0 aliphatic heterocycles. The lowest BCUT2D eigenvalue weighted by molar-refractivity contribution is -0.312. The van der Waals surface area contributed by atoms with E-state index in [0.717, 1.165) is 0 Å². The van der Waals surface area contributed by atoms with E-state index in [4.69, 9.17) is 0 Å². The van der Waals surface area contributed by atoms with Gasteiger partial charge in [0.1, 0.15) is 0 Å². The van der Waals surface area contributed by atoms with Gasteiger partial charge >= 0.3 is 0 Å². The van der Waals surface area contributed by atoms with Gasteiger partial charge in [-0.3, -0.25) is 0 Å². The van der Waals surface area contributed by atoms with E-state index >= 15 is 0 Å². The minimum Gasteiger partial charge on any atom is -0.396 e. The first-order valence-electron chi connectivity index (χ1n) is 6.72. The molecule has 4 atom stereocenters. The van der Waals surface area contributed by atoms with Crippen LogP contribution >= 0.6 is 0 Å². The zero-order valence-corrected chi connectivity index (χ0v) is 10.5. The normalized spacial score (nSPS) is 50.2. The van der Waals surface area contributed by atoms with E-state index in [9.17, 15) is 27.8 Å². The maximum atomic E-state index is 14.5. The Bertz CT molecular complexity index is 364. The Balaban J connectivity index is 2.17. The van der Waals surface area contributed by atoms with Crippen molar-refractivity contribution in [2.75, 3.05) is 13.2 Å². The number of hydrogen-bond acceptors (Lipinski definition) is 2. The fraction of sp³-hybridized carbons (Fsp3) is 1.00. The molecule has 2 N–H and O–H groups in total. The number of fused-ring (bicyclic) bond motifs is 1. The molecule has 110 valence electrons. The summed E-state index contributed by atoms with van der Waals surface area (Å²) in [7, 11) is 0. The topological polar surface area (TPSA) is 40.5 Å². The summed E-state index contributed by atoms with van der Waals surface area (Å²) in [6.45, 7) is -1.57. The van der Waals surface area contributed by atoms with Crippen LogP contribution in [-0.4, -0.2) is 35.3 Å². The summed E-state index contributed by atoms with van der Waals surface area (Å²) in [6, 6.07) is 0. The standard InChI is InChI=1S/C13H18F4O2/c14-12(15)8-1-2-9-4-11(12,7-19)5-10(3-8,6-18)13(9,16)17/h8-9,18-19H,1-7H2. The summed E-state index contributed by atoms with van der Waals surface area (Å²) in [5.74, 6) is -8.55. The van der Waals surface area contributed by atoms with Crippen LogP contribution in [0.25, 0.3) is 0 Å². The molecule has 0 aromatic carbocycles. The maximum absolute atomic E-state index is 14.5. The predicted octanol–water partition coefficient (Wildman–Crippen LogP) is 2.44. The van der Waals surface area contributed by atoms with Crippen molar-refractivity contribution in [3.63, 3.8) is 0 Å². The van der Waals surface area contributed by atoms with E-state index in [1.54, 1.807) is 0 Å². The molecule has 0 saturated heterocycles. The van der Waals surface area contributed by atoms with E-state index in [1.165, 1.54) is 0 Å². The van der Waals surface area contributed by atoms with Crippen molar-refractivity contribution in [1.82, 2.24) is 0 Å². The van der Waals surface area contributed by atoms with Gasteiger partial charge in [-0.05, 0) is 32.1 Å². The van der Waals surface area contributed by atoms with E-state index in [2.05, 4.69) is 0 Å². The first kappa shape index (κ1) is 13.6. The Kier molecular flexibility index (Phi) is 2.61. The van der Waals surface area contributed by atoms with Crippen molar-refractivity contribution in [1.29, 1.82) is 0 Å².